The summed E-state index contributed by atoms with van der Waals surface area (Å²) in [6, 6.07) is 64.5. The monoisotopic (exact) mass is 674 g/mol. The lowest BCUT2D eigenvalue weighted by Crippen LogP contribution is -2.01. The third-order valence-electron chi connectivity index (χ3n) is 10.6. The molecule has 0 radical (unpaired) electrons. The number of rotatable bonds is 4. The zero-order chi connectivity index (χ0) is 34.9. The topological polar surface area (TPSA) is 43.6 Å². The maximum Gasteiger partial charge on any atom is 0.164 e. The molecule has 0 amide bonds. The smallest absolute Gasteiger partial charge is 0.164 e. The van der Waals surface area contributed by atoms with E-state index in [9.17, 15) is 0 Å². The van der Waals surface area contributed by atoms with E-state index in [4.69, 9.17) is 15.0 Å². The lowest BCUT2D eigenvalue weighted by Gasteiger charge is -2.14. The minimum Gasteiger partial charge on any atom is -0.309 e. The molecule has 0 N–H and O–H groups in total. The van der Waals surface area contributed by atoms with Crippen LogP contribution in [0.25, 0.3) is 105 Å². The molecule has 4 heteroatoms. The van der Waals surface area contributed by atoms with Gasteiger partial charge in [0.2, 0.25) is 0 Å². The summed E-state index contributed by atoms with van der Waals surface area (Å²) in [5, 5.41) is 12.0. The zero-order valence-electron chi connectivity index (χ0n) is 28.6. The molecule has 4 nitrogen and oxygen atoms in total. The summed E-state index contributed by atoms with van der Waals surface area (Å²) < 4.78 is 2.38. The predicted molar refractivity (Wildman–Crippen MR) is 220 cm³/mol. The third kappa shape index (κ3) is 4.66. The van der Waals surface area contributed by atoms with Gasteiger partial charge < -0.3 is 4.57 Å². The van der Waals surface area contributed by atoms with Crippen LogP contribution >= 0.6 is 0 Å². The molecule has 11 aromatic rings. The summed E-state index contributed by atoms with van der Waals surface area (Å²) >= 11 is 0. The Morgan fingerprint density at radius 3 is 1.68 bits per heavy atom. The number of benzene rings is 9. The third-order valence-corrected chi connectivity index (χ3v) is 10.6. The van der Waals surface area contributed by atoms with E-state index in [1.165, 1.54) is 48.7 Å². The Hall–Kier alpha value is -7.17. The van der Waals surface area contributed by atoms with Crippen molar-refractivity contribution in [3.8, 4) is 39.9 Å². The van der Waals surface area contributed by atoms with Crippen LogP contribution in [0, 0.1) is 0 Å². The first-order valence-corrected chi connectivity index (χ1v) is 18.0. The molecule has 0 bridgehead atoms. The molecule has 0 fully saturated rings. The summed E-state index contributed by atoms with van der Waals surface area (Å²) in [6.07, 6.45) is 0. The van der Waals surface area contributed by atoms with E-state index in [-0.39, 0.29) is 0 Å². The molecule has 0 aliphatic rings. The van der Waals surface area contributed by atoms with Crippen molar-refractivity contribution in [3.05, 3.63) is 182 Å². The van der Waals surface area contributed by atoms with Crippen molar-refractivity contribution in [1.82, 2.24) is 19.5 Å². The molecular formula is C49H30N4. The minimum absolute atomic E-state index is 0.642. The van der Waals surface area contributed by atoms with Crippen molar-refractivity contribution in [2.24, 2.45) is 0 Å². The number of hydrogen-bond donors (Lipinski definition) is 0. The highest BCUT2D eigenvalue weighted by Crippen LogP contribution is 2.38. The van der Waals surface area contributed by atoms with Crippen LogP contribution in [0.3, 0.4) is 0 Å². The van der Waals surface area contributed by atoms with Crippen LogP contribution < -0.4 is 0 Å². The zero-order valence-corrected chi connectivity index (χ0v) is 28.6. The van der Waals surface area contributed by atoms with E-state index in [2.05, 4.69) is 168 Å². The lowest BCUT2D eigenvalue weighted by molar-refractivity contribution is 1.08. The standard InChI is InChI=1S/C49H30N4/c1-2-13-33(14-3-1)47-50-48(35-28-29-37-34(30-35)27-26-32-25-24-31-12-4-5-15-36(31)46(32)37)52-49(51-47)42-20-10-19-39-38(42)18-11-23-45(39)53-43-21-8-6-16-40(43)41-17-7-9-22-44(41)53/h1-30H. The molecule has 0 aliphatic carbocycles. The van der Waals surface area contributed by atoms with Gasteiger partial charge in [0.15, 0.2) is 17.5 Å². The van der Waals surface area contributed by atoms with Crippen LogP contribution in [-0.2, 0) is 0 Å². The average molecular weight is 675 g/mol. The number of fused-ring (bicyclic) bond motifs is 9. The summed E-state index contributed by atoms with van der Waals surface area (Å²) in [7, 11) is 0. The molecule has 2 heterocycles. The number of para-hydroxylation sites is 2. The van der Waals surface area contributed by atoms with Crippen molar-refractivity contribution in [2.45, 2.75) is 0 Å². The van der Waals surface area contributed by atoms with Gasteiger partial charge in [-0.2, -0.15) is 0 Å². The fourth-order valence-electron chi connectivity index (χ4n) is 8.18. The molecule has 53 heavy (non-hydrogen) atoms. The van der Waals surface area contributed by atoms with E-state index in [1.807, 2.05) is 18.2 Å². The minimum atomic E-state index is 0.642. The Kier molecular flexibility index (Phi) is 6.52. The Morgan fingerprint density at radius 1 is 0.321 bits per heavy atom. The van der Waals surface area contributed by atoms with Crippen LogP contribution in [0.2, 0.25) is 0 Å². The van der Waals surface area contributed by atoms with Gasteiger partial charge in [-0.25, -0.2) is 15.0 Å². The second-order valence-electron chi connectivity index (χ2n) is 13.6. The lowest BCUT2D eigenvalue weighted by atomic mass is 9.95. The number of aromatic nitrogens is 4. The van der Waals surface area contributed by atoms with Gasteiger partial charge in [-0.1, -0.05) is 158 Å². The first-order valence-electron chi connectivity index (χ1n) is 18.0. The summed E-state index contributed by atoms with van der Waals surface area (Å²) in [4.78, 5) is 15.5. The molecule has 0 saturated heterocycles. The number of hydrogen-bond acceptors (Lipinski definition) is 3. The molecule has 0 aliphatic heterocycles. The van der Waals surface area contributed by atoms with E-state index in [1.54, 1.807) is 0 Å². The van der Waals surface area contributed by atoms with Crippen LogP contribution in [0.4, 0.5) is 0 Å². The van der Waals surface area contributed by atoms with Gasteiger partial charge in [-0.05, 0) is 62.0 Å². The second-order valence-corrected chi connectivity index (χ2v) is 13.6. The van der Waals surface area contributed by atoms with Crippen LogP contribution in [0.1, 0.15) is 0 Å². The maximum absolute atomic E-state index is 5.23. The van der Waals surface area contributed by atoms with Gasteiger partial charge in [-0.3, -0.25) is 0 Å². The molecule has 0 saturated carbocycles. The molecule has 11 rings (SSSR count). The van der Waals surface area contributed by atoms with Gasteiger partial charge in [0, 0.05) is 32.8 Å². The van der Waals surface area contributed by atoms with E-state index >= 15 is 0 Å². The van der Waals surface area contributed by atoms with Crippen molar-refractivity contribution in [3.63, 3.8) is 0 Å². The summed E-state index contributed by atoms with van der Waals surface area (Å²) in [5.74, 6) is 1.93. The summed E-state index contributed by atoms with van der Waals surface area (Å²) in [6.45, 7) is 0. The predicted octanol–water partition coefficient (Wildman–Crippen LogP) is 12.6. The quantitative estimate of drug-likeness (QED) is 0.175. The molecule has 0 unspecified atom stereocenters. The molecule has 2 aromatic heterocycles. The first kappa shape index (κ1) is 29.5. The van der Waals surface area contributed by atoms with Gasteiger partial charge in [-0.15, -0.1) is 0 Å². The maximum atomic E-state index is 5.23. The second kappa shape index (κ2) is 11.7. The molecular weight excluding hydrogens is 645 g/mol. The Bertz CT molecular complexity index is 3180. The van der Waals surface area contributed by atoms with Gasteiger partial charge in [0.25, 0.3) is 0 Å². The molecule has 0 spiro atoms. The normalized spacial score (nSPS) is 11.8. The van der Waals surface area contributed by atoms with E-state index in [0.717, 1.165) is 38.5 Å². The largest absolute Gasteiger partial charge is 0.309 e. The van der Waals surface area contributed by atoms with Crippen molar-refractivity contribution < 1.29 is 0 Å². The Labute approximate surface area is 305 Å². The van der Waals surface area contributed by atoms with Crippen molar-refractivity contribution in [1.29, 1.82) is 0 Å². The highest BCUT2D eigenvalue weighted by atomic mass is 15.0. The van der Waals surface area contributed by atoms with Crippen LogP contribution in [0.15, 0.2) is 182 Å². The highest BCUT2D eigenvalue weighted by molar-refractivity contribution is 6.20. The van der Waals surface area contributed by atoms with Gasteiger partial charge >= 0.3 is 0 Å². The van der Waals surface area contributed by atoms with Gasteiger partial charge in [0.05, 0.1) is 16.7 Å². The fourth-order valence-corrected chi connectivity index (χ4v) is 8.18. The van der Waals surface area contributed by atoms with Crippen LogP contribution in [0.5, 0.6) is 0 Å². The van der Waals surface area contributed by atoms with Crippen molar-refractivity contribution in [2.75, 3.05) is 0 Å². The Balaban J connectivity index is 1.13. The molecule has 9 aromatic carbocycles. The molecule has 246 valence electrons. The molecule has 0 atom stereocenters. The summed E-state index contributed by atoms with van der Waals surface area (Å²) in [5.41, 5.74) is 6.33. The fraction of sp³-hybridized carbons (Fsp3) is 0. The first-order chi connectivity index (χ1) is 26.3. The highest BCUT2D eigenvalue weighted by Gasteiger charge is 2.18. The van der Waals surface area contributed by atoms with E-state index in [0.29, 0.717) is 17.5 Å². The SMILES string of the molecule is c1ccc(-c2nc(-c3ccc4c(ccc5ccc6ccccc6c54)c3)nc(-c3cccc4c(-n5c6ccccc6c6ccccc65)cccc34)n2)cc1. The van der Waals surface area contributed by atoms with E-state index < -0.39 is 0 Å². The number of nitrogens with zero attached hydrogens (tertiary/aromatic N) is 4. The average Bonchev–Trinajstić information content (AvgIpc) is 3.57. The van der Waals surface area contributed by atoms with Gasteiger partial charge in [0.1, 0.15) is 0 Å². The Morgan fingerprint density at radius 2 is 0.887 bits per heavy atom. The van der Waals surface area contributed by atoms with Crippen LogP contribution in [-0.4, -0.2) is 19.5 Å². The van der Waals surface area contributed by atoms with Crippen molar-refractivity contribution >= 4 is 64.9 Å².